The molecule has 0 bridgehead atoms. The molecule has 0 aliphatic carbocycles. The van der Waals surface area contributed by atoms with E-state index >= 15 is 0 Å². The monoisotopic (exact) mass is 390 g/mol. The lowest BCUT2D eigenvalue weighted by Crippen LogP contribution is -2.27. The van der Waals surface area contributed by atoms with Crippen molar-refractivity contribution in [3.63, 3.8) is 0 Å². The summed E-state index contributed by atoms with van der Waals surface area (Å²) in [6, 6.07) is 15.7. The second-order valence-corrected chi connectivity index (χ2v) is 7.59. The molecule has 2 aromatic carbocycles. The molecule has 0 unspecified atom stereocenters. The summed E-state index contributed by atoms with van der Waals surface area (Å²) in [5.41, 5.74) is 2.95. The number of nitrogens with zero attached hydrogens (tertiary/aromatic N) is 3. The van der Waals surface area contributed by atoms with Gasteiger partial charge in [0.05, 0.1) is 17.2 Å². The summed E-state index contributed by atoms with van der Waals surface area (Å²) in [5, 5.41) is 3.51. The number of fused-ring (bicyclic) bond motifs is 1. The maximum Gasteiger partial charge on any atom is 0.261 e. The third-order valence-electron chi connectivity index (χ3n) is 5.43. The van der Waals surface area contributed by atoms with Crippen LogP contribution >= 0.6 is 0 Å². The normalized spacial score (nSPS) is 14.3. The molecule has 4 rings (SSSR count). The third-order valence-corrected chi connectivity index (χ3v) is 5.43. The summed E-state index contributed by atoms with van der Waals surface area (Å²) in [7, 11) is 0. The van der Waals surface area contributed by atoms with E-state index in [0.717, 1.165) is 12.1 Å². The summed E-state index contributed by atoms with van der Waals surface area (Å²) < 4.78 is 1.50. The molecule has 0 spiro atoms. The molecule has 0 radical (unpaired) electrons. The smallest absolute Gasteiger partial charge is 0.261 e. The average molecular weight is 390 g/mol. The van der Waals surface area contributed by atoms with Gasteiger partial charge in [-0.2, -0.15) is 0 Å². The molecule has 1 amide bonds. The summed E-state index contributed by atoms with van der Waals surface area (Å²) in [6.07, 6.45) is 4.35. The van der Waals surface area contributed by atoms with Crippen LogP contribution in [-0.4, -0.2) is 33.4 Å². The van der Waals surface area contributed by atoms with Crippen LogP contribution in [-0.2, 0) is 24.4 Å². The highest BCUT2D eigenvalue weighted by molar-refractivity contribution is 5.77. The molecule has 1 saturated heterocycles. The van der Waals surface area contributed by atoms with Gasteiger partial charge in [0.2, 0.25) is 5.91 Å². The SMILES string of the molecule is O=C(CCn1cnc2ccccc2c1=O)NCc1ccc(CN2CCCC2)cc1. The highest BCUT2D eigenvalue weighted by atomic mass is 16.1. The molecule has 3 aromatic rings. The van der Waals surface area contributed by atoms with Crippen molar-refractivity contribution in [1.29, 1.82) is 0 Å². The minimum atomic E-state index is -0.114. The van der Waals surface area contributed by atoms with Crippen LogP contribution in [0.15, 0.2) is 59.7 Å². The van der Waals surface area contributed by atoms with Gasteiger partial charge in [-0.15, -0.1) is 0 Å². The Morgan fingerprint density at radius 1 is 1.00 bits per heavy atom. The van der Waals surface area contributed by atoms with Crippen LogP contribution in [0.5, 0.6) is 0 Å². The van der Waals surface area contributed by atoms with E-state index < -0.39 is 0 Å². The Hall–Kier alpha value is -2.99. The van der Waals surface area contributed by atoms with Gasteiger partial charge < -0.3 is 5.32 Å². The first-order chi connectivity index (χ1) is 14.2. The van der Waals surface area contributed by atoms with Gasteiger partial charge in [-0.3, -0.25) is 19.1 Å². The van der Waals surface area contributed by atoms with E-state index in [9.17, 15) is 9.59 Å². The predicted octanol–water partition coefficient (Wildman–Crippen LogP) is 2.70. The zero-order valence-corrected chi connectivity index (χ0v) is 16.5. The minimum absolute atomic E-state index is 0.0776. The van der Waals surface area contributed by atoms with Gasteiger partial charge in [-0.1, -0.05) is 36.4 Å². The predicted molar refractivity (Wildman–Crippen MR) is 113 cm³/mol. The molecule has 150 valence electrons. The maximum atomic E-state index is 12.5. The Kier molecular flexibility index (Phi) is 6.00. The summed E-state index contributed by atoms with van der Waals surface area (Å²) >= 11 is 0. The fourth-order valence-corrected chi connectivity index (χ4v) is 3.74. The van der Waals surface area contributed by atoms with Gasteiger partial charge in [0.25, 0.3) is 5.56 Å². The van der Waals surface area contributed by atoms with E-state index in [0.29, 0.717) is 24.0 Å². The van der Waals surface area contributed by atoms with E-state index in [4.69, 9.17) is 0 Å². The Morgan fingerprint density at radius 3 is 2.52 bits per heavy atom. The number of hydrogen-bond acceptors (Lipinski definition) is 4. The number of nitrogens with one attached hydrogen (secondary N) is 1. The summed E-state index contributed by atoms with van der Waals surface area (Å²) in [6.45, 7) is 4.19. The lowest BCUT2D eigenvalue weighted by Gasteiger charge is -2.14. The lowest BCUT2D eigenvalue weighted by molar-refractivity contribution is -0.121. The number of amides is 1. The molecule has 6 heteroatoms. The van der Waals surface area contributed by atoms with Crippen molar-refractivity contribution in [2.75, 3.05) is 13.1 Å². The van der Waals surface area contributed by atoms with Crippen molar-refractivity contribution in [2.24, 2.45) is 0 Å². The first-order valence-corrected chi connectivity index (χ1v) is 10.2. The third kappa shape index (κ3) is 4.90. The molecule has 0 saturated carbocycles. The highest BCUT2D eigenvalue weighted by Crippen LogP contribution is 2.13. The standard InChI is InChI=1S/C23H26N4O2/c28-22(11-14-27-17-25-21-6-2-1-5-20(21)23(27)29)24-15-18-7-9-19(10-8-18)16-26-12-3-4-13-26/h1-2,5-10,17H,3-4,11-16H2,(H,24,28). The highest BCUT2D eigenvalue weighted by Gasteiger charge is 2.11. The van der Waals surface area contributed by atoms with E-state index in [1.54, 1.807) is 6.07 Å². The van der Waals surface area contributed by atoms with Crippen molar-refractivity contribution in [3.05, 3.63) is 76.3 Å². The average Bonchev–Trinajstić information content (AvgIpc) is 3.26. The number of aryl methyl sites for hydroxylation is 1. The van der Waals surface area contributed by atoms with Gasteiger partial charge in [0, 0.05) is 26.1 Å². The van der Waals surface area contributed by atoms with Gasteiger partial charge in [0.1, 0.15) is 0 Å². The minimum Gasteiger partial charge on any atom is -0.352 e. The van der Waals surface area contributed by atoms with Gasteiger partial charge in [-0.05, 0) is 49.2 Å². The van der Waals surface area contributed by atoms with Crippen molar-refractivity contribution in [1.82, 2.24) is 19.8 Å². The Bertz CT molecular complexity index is 1040. The molecule has 0 atom stereocenters. The topological polar surface area (TPSA) is 67.2 Å². The molecular formula is C23H26N4O2. The molecule has 1 aliphatic rings. The number of benzene rings is 2. The molecule has 2 heterocycles. The quantitative estimate of drug-likeness (QED) is 0.674. The van der Waals surface area contributed by atoms with E-state index in [1.807, 2.05) is 18.2 Å². The second-order valence-electron chi connectivity index (χ2n) is 7.59. The molecule has 1 aromatic heterocycles. The van der Waals surface area contributed by atoms with Crippen LogP contribution in [0.25, 0.3) is 10.9 Å². The molecule has 1 aliphatic heterocycles. The van der Waals surface area contributed by atoms with Crippen LogP contribution in [0, 0.1) is 0 Å². The van der Waals surface area contributed by atoms with Crippen LogP contribution in [0.2, 0.25) is 0 Å². The Morgan fingerprint density at radius 2 is 1.72 bits per heavy atom. The van der Waals surface area contributed by atoms with E-state index in [2.05, 4.69) is 39.5 Å². The molecule has 6 nitrogen and oxygen atoms in total. The second kappa shape index (κ2) is 9.01. The Labute approximate surface area is 170 Å². The van der Waals surface area contributed by atoms with E-state index in [1.165, 1.54) is 42.4 Å². The van der Waals surface area contributed by atoms with Crippen molar-refractivity contribution < 1.29 is 4.79 Å². The van der Waals surface area contributed by atoms with E-state index in [-0.39, 0.29) is 17.9 Å². The summed E-state index contributed by atoms with van der Waals surface area (Å²) in [5.74, 6) is -0.0776. The number of carbonyl (C=O) groups excluding carboxylic acids is 1. The fourth-order valence-electron chi connectivity index (χ4n) is 3.74. The van der Waals surface area contributed by atoms with Crippen LogP contribution in [0.1, 0.15) is 30.4 Å². The van der Waals surface area contributed by atoms with Gasteiger partial charge >= 0.3 is 0 Å². The lowest BCUT2D eigenvalue weighted by atomic mass is 10.1. The fraction of sp³-hybridized carbons (Fsp3) is 0.348. The van der Waals surface area contributed by atoms with Crippen LogP contribution in [0.3, 0.4) is 0 Å². The molecule has 29 heavy (non-hydrogen) atoms. The van der Waals surface area contributed by atoms with Crippen LogP contribution in [0.4, 0.5) is 0 Å². The number of carbonyl (C=O) groups is 1. The van der Waals surface area contributed by atoms with Crippen molar-refractivity contribution in [3.8, 4) is 0 Å². The van der Waals surface area contributed by atoms with Crippen LogP contribution < -0.4 is 10.9 Å². The number of aromatic nitrogens is 2. The number of hydrogen-bond donors (Lipinski definition) is 1. The number of para-hydroxylation sites is 1. The van der Waals surface area contributed by atoms with Crippen molar-refractivity contribution >= 4 is 16.8 Å². The Balaban J connectivity index is 1.27. The maximum absolute atomic E-state index is 12.5. The number of rotatable bonds is 7. The zero-order valence-electron chi connectivity index (χ0n) is 16.5. The molecular weight excluding hydrogens is 364 g/mol. The number of likely N-dealkylation sites (tertiary alicyclic amines) is 1. The molecule has 1 N–H and O–H groups in total. The largest absolute Gasteiger partial charge is 0.352 e. The van der Waals surface area contributed by atoms with Gasteiger partial charge in [-0.25, -0.2) is 4.98 Å². The molecule has 1 fully saturated rings. The zero-order chi connectivity index (χ0) is 20.1. The first kappa shape index (κ1) is 19.3. The van der Waals surface area contributed by atoms with Crippen molar-refractivity contribution in [2.45, 2.75) is 38.9 Å². The van der Waals surface area contributed by atoms with Gasteiger partial charge in [0.15, 0.2) is 0 Å². The summed E-state index contributed by atoms with van der Waals surface area (Å²) in [4.78, 5) is 31.4. The first-order valence-electron chi connectivity index (χ1n) is 10.2.